The van der Waals surface area contributed by atoms with Crippen LogP contribution in [-0.2, 0) is 22.6 Å². The Kier molecular flexibility index (Phi) is 5.43. The van der Waals surface area contributed by atoms with Crippen molar-refractivity contribution in [3.63, 3.8) is 0 Å². The van der Waals surface area contributed by atoms with Crippen molar-refractivity contribution in [2.75, 3.05) is 13.7 Å². The highest BCUT2D eigenvalue weighted by molar-refractivity contribution is 5.86. The number of benzene rings is 1. The molecule has 1 aliphatic rings. The van der Waals surface area contributed by atoms with Gasteiger partial charge < -0.3 is 4.74 Å². The van der Waals surface area contributed by atoms with E-state index in [-0.39, 0.29) is 5.97 Å². The number of hydrogen-bond donors (Lipinski definition) is 0. The lowest BCUT2D eigenvalue weighted by Gasteiger charge is -2.24. The first-order valence-corrected chi connectivity index (χ1v) is 8.31. The van der Waals surface area contributed by atoms with E-state index in [0.29, 0.717) is 6.04 Å². The van der Waals surface area contributed by atoms with Crippen LogP contribution in [0.2, 0.25) is 0 Å². The van der Waals surface area contributed by atoms with Gasteiger partial charge in [0.05, 0.1) is 13.7 Å². The minimum absolute atomic E-state index is 0.336. The Morgan fingerprint density at radius 3 is 2.92 bits per heavy atom. The second kappa shape index (κ2) is 7.93. The molecule has 0 aliphatic carbocycles. The van der Waals surface area contributed by atoms with Crippen molar-refractivity contribution in [2.24, 2.45) is 0 Å². The van der Waals surface area contributed by atoms with Gasteiger partial charge in [-0.1, -0.05) is 24.3 Å². The van der Waals surface area contributed by atoms with E-state index in [0.717, 1.165) is 25.2 Å². The molecule has 0 saturated carbocycles. The Labute approximate surface area is 142 Å². The molecule has 0 unspecified atom stereocenters. The van der Waals surface area contributed by atoms with Crippen LogP contribution in [0.15, 0.2) is 48.8 Å². The number of aromatic nitrogens is 2. The highest BCUT2D eigenvalue weighted by Gasteiger charge is 2.24. The monoisotopic (exact) mass is 325 g/mol. The summed E-state index contributed by atoms with van der Waals surface area (Å²) in [6.45, 7) is 3.04. The Morgan fingerprint density at radius 2 is 2.21 bits per heavy atom. The summed E-state index contributed by atoms with van der Waals surface area (Å²) in [5.74, 6) is -0.336. The summed E-state index contributed by atoms with van der Waals surface area (Å²) in [4.78, 5) is 13.7. The molecule has 1 aromatic heterocycles. The van der Waals surface area contributed by atoms with E-state index in [4.69, 9.17) is 0 Å². The zero-order valence-corrected chi connectivity index (χ0v) is 14.0. The van der Waals surface area contributed by atoms with Crippen LogP contribution in [0.25, 0.3) is 6.08 Å². The van der Waals surface area contributed by atoms with Crippen LogP contribution in [-0.4, -0.2) is 40.3 Å². The van der Waals surface area contributed by atoms with E-state index in [9.17, 15) is 4.79 Å². The van der Waals surface area contributed by atoms with Gasteiger partial charge in [-0.2, -0.15) is 5.10 Å². The number of likely N-dealkylation sites (tertiary alicyclic amines) is 1. The summed E-state index contributed by atoms with van der Waals surface area (Å²) in [6.07, 6.45) is 9.53. The molecule has 2 aromatic rings. The molecule has 3 rings (SSSR count). The maximum Gasteiger partial charge on any atom is 0.330 e. The summed E-state index contributed by atoms with van der Waals surface area (Å²) in [6, 6.07) is 10.8. The van der Waals surface area contributed by atoms with Gasteiger partial charge in [0, 0.05) is 31.1 Å². The first-order valence-electron chi connectivity index (χ1n) is 8.31. The summed E-state index contributed by atoms with van der Waals surface area (Å²) >= 11 is 0. The molecule has 1 aromatic carbocycles. The largest absolute Gasteiger partial charge is 0.466 e. The second-order valence-corrected chi connectivity index (χ2v) is 6.09. The Balaban J connectivity index is 1.58. The number of nitrogens with zero attached hydrogens (tertiary/aromatic N) is 3. The van der Waals surface area contributed by atoms with Crippen LogP contribution < -0.4 is 0 Å². The van der Waals surface area contributed by atoms with Gasteiger partial charge in [0.2, 0.25) is 0 Å². The van der Waals surface area contributed by atoms with Gasteiger partial charge >= 0.3 is 5.97 Å². The van der Waals surface area contributed by atoms with Crippen molar-refractivity contribution in [3.05, 3.63) is 59.9 Å². The Bertz CT molecular complexity index is 677. The lowest BCUT2D eigenvalue weighted by molar-refractivity contribution is -0.134. The molecule has 1 fully saturated rings. The summed E-state index contributed by atoms with van der Waals surface area (Å²) < 4.78 is 6.62. The van der Waals surface area contributed by atoms with Crippen molar-refractivity contribution >= 4 is 12.0 Å². The van der Waals surface area contributed by atoms with Crippen LogP contribution in [0, 0.1) is 0 Å². The van der Waals surface area contributed by atoms with E-state index < -0.39 is 0 Å². The van der Waals surface area contributed by atoms with Crippen molar-refractivity contribution in [2.45, 2.75) is 32.0 Å². The predicted molar refractivity (Wildman–Crippen MR) is 93.2 cm³/mol. The smallest absolute Gasteiger partial charge is 0.330 e. The van der Waals surface area contributed by atoms with Crippen LogP contribution in [0.4, 0.5) is 0 Å². The number of methoxy groups -OCH3 is 1. The molecule has 5 heteroatoms. The lowest BCUT2D eigenvalue weighted by Crippen LogP contribution is -2.32. The molecular weight excluding hydrogens is 302 g/mol. The van der Waals surface area contributed by atoms with Gasteiger partial charge in [-0.25, -0.2) is 4.79 Å². The molecule has 0 bridgehead atoms. The number of ether oxygens (including phenoxy) is 1. The molecule has 1 atom stereocenters. The van der Waals surface area contributed by atoms with E-state index in [1.165, 1.54) is 31.6 Å². The third-order valence-corrected chi connectivity index (χ3v) is 4.43. The molecule has 2 heterocycles. The zero-order chi connectivity index (χ0) is 16.8. The zero-order valence-electron chi connectivity index (χ0n) is 14.0. The van der Waals surface area contributed by atoms with Gasteiger partial charge in [-0.15, -0.1) is 0 Å². The third kappa shape index (κ3) is 4.32. The highest BCUT2D eigenvalue weighted by Crippen LogP contribution is 2.21. The van der Waals surface area contributed by atoms with E-state index in [1.54, 1.807) is 6.08 Å². The maximum atomic E-state index is 11.1. The number of hydrogen-bond acceptors (Lipinski definition) is 4. The quantitative estimate of drug-likeness (QED) is 0.605. The molecule has 5 nitrogen and oxygen atoms in total. The molecule has 1 saturated heterocycles. The molecular formula is C19H23N3O2. The van der Waals surface area contributed by atoms with Gasteiger partial charge in [0.1, 0.15) is 0 Å². The standard InChI is InChI=1S/C19H23N3O2/c1-24-19(23)10-9-16-5-7-17(8-6-16)14-21-12-2-4-18(21)15-22-13-3-11-20-22/h3,5-11,13,18H,2,4,12,14-15H2,1H3/b10-9+/t18-/m1/s1. The molecule has 0 radical (unpaired) electrons. The molecule has 24 heavy (non-hydrogen) atoms. The fourth-order valence-electron chi connectivity index (χ4n) is 3.14. The topological polar surface area (TPSA) is 47.4 Å². The minimum Gasteiger partial charge on any atom is -0.466 e. The molecule has 0 amide bonds. The van der Waals surface area contributed by atoms with Gasteiger partial charge in [0.25, 0.3) is 0 Å². The molecule has 126 valence electrons. The van der Waals surface area contributed by atoms with Crippen molar-refractivity contribution < 1.29 is 9.53 Å². The first-order chi connectivity index (χ1) is 11.7. The molecule has 0 spiro atoms. The third-order valence-electron chi connectivity index (χ3n) is 4.43. The van der Waals surface area contributed by atoms with Gasteiger partial charge in [0.15, 0.2) is 0 Å². The number of carbonyl (C=O) groups is 1. The maximum absolute atomic E-state index is 11.1. The Hall–Kier alpha value is -2.40. The average molecular weight is 325 g/mol. The normalized spacial score (nSPS) is 18.3. The highest BCUT2D eigenvalue weighted by atomic mass is 16.5. The van der Waals surface area contributed by atoms with Gasteiger partial charge in [-0.3, -0.25) is 9.58 Å². The Morgan fingerprint density at radius 1 is 1.38 bits per heavy atom. The SMILES string of the molecule is COC(=O)/C=C/c1ccc(CN2CCC[C@@H]2Cn2cccn2)cc1. The van der Waals surface area contributed by atoms with Crippen LogP contribution in [0.5, 0.6) is 0 Å². The lowest BCUT2D eigenvalue weighted by atomic mass is 10.1. The first kappa shape index (κ1) is 16.5. The van der Waals surface area contributed by atoms with E-state index in [1.807, 2.05) is 35.3 Å². The second-order valence-electron chi connectivity index (χ2n) is 6.09. The van der Waals surface area contributed by atoms with E-state index >= 15 is 0 Å². The molecule has 0 N–H and O–H groups in total. The predicted octanol–water partition coefficient (Wildman–Crippen LogP) is 2.73. The summed E-state index contributed by atoms with van der Waals surface area (Å²) in [5, 5.41) is 4.32. The number of rotatable bonds is 6. The minimum atomic E-state index is -0.336. The van der Waals surface area contributed by atoms with Crippen LogP contribution in [0.1, 0.15) is 24.0 Å². The molecule has 1 aliphatic heterocycles. The summed E-state index contributed by atoms with van der Waals surface area (Å²) in [5.41, 5.74) is 2.29. The van der Waals surface area contributed by atoms with E-state index in [2.05, 4.69) is 26.9 Å². The average Bonchev–Trinajstić information content (AvgIpc) is 3.27. The van der Waals surface area contributed by atoms with Crippen LogP contribution in [0.3, 0.4) is 0 Å². The van der Waals surface area contributed by atoms with Crippen molar-refractivity contribution in [1.29, 1.82) is 0 Å². The van der Waals surface area contributed by atoms with Crippen LogP contribution >= 0.6 is 0 Å². The van der Waals surface area contributed by atoms with Gasteiger partial charge in [-0.05, 0) is 42.7 Å². The summed E-state index contributed by atoms with van der Waals surface area (Å²) in [7, 11) is 1.38. The van der Waals surface area contributed by atoms with Crippen molar-refractivity contribution in [1.82, 2.24) is 14.7 Å². The number of esters is 1. The van der Waals surface area contributed by atoms with Crippen molar-refractivity contribution in [3.8, 4) is 0 Å². The number of carbonyl (C=O) groups excluding carboxylic acids is 1. The fourth-order valence-corrected chi connectivity index (χ4v) is 3.14. The fraction of sp³-hybridized carbons (Fsp3) is 0.368.